The van der Waals surface area contributed by atoms with Gasteiger partial charge in [-0.25, -0.2) is 9.18 Å². The van der Waals surface area contributed by atoms with Gasteiger partial charge in [0.1, 0.15) is 11.5 Å². The number of carbonyl (C=O) groups excluding carboxylic acids is 2. The Morgan fingerprint density at radius 2 is 2.00 bits per heavy atom. The van der Waals surface area contributed by atoms with Gasteiger partial charge in [-0.3, -0.25) is 4.79 Å². The van der Waals surface area contributed by atoms with Gasteiger partial charge < -0.3 is 19.7 Å². The first-order chi connectivity index (χ1) is 13.9. The summed E-state index contributed by atoms with van der Waals surface area (Å²) in [5.74, 6) is -0.829. The molecule has 29 heavy (non-hydrogen) atoms. The van der Waals surface area contributed by atoms with Crippen LogP contribution in [0.15, 0.2) is 18.2 Å². The van der Waals surface area contributed by atoms with Crippen LogP contribution in [0, 0.1) is 5.82 Å². The van der Waals surface area contributed by atoms with Crippen molar-refractivity contribution >= 4 is 28.2 Å². The number of carbonyl (C=O) groups is 2. The molecule has 0 spiro atoms. The molecule has 1 atom stereocenters. The monoisotopic (exact) mass is 421 g/mol. The van der Waals surface area contributed by atoms with Gasteiger partial charge in [0.05, 0.1) is 26.8 Å². The first-order valence-electron chi connectivity index (χ1n) is 9.59. The van der Waals surface area contributed by atoms with E-state index in [0.29, 0.717) is 17.1 Å². The van der Waals surface area contributed by atoms with Crippen LogP contribution in [-0.2, 0) is 28.9 Å². The van der Waals surface area contributed by atoms with E-state index in [1.807, 2.05) is 7.05 Å². The van der Waals surface area contributed by atoms with Crippen LogP contribution < -0.4 is 15.0 Å². The molecule has 1 amide bonds. The van der Waals surface area contributed by atoms with E-state index in [0.717, 1.165) is 46.6 Å². The summed E-state index contributed by atoms with van der Waals surface area (Å²) in [5, 5.41) is 3.46. The van der Waals surface area contributed by atoms with Crippen molar-refractivity contribution in [3.63, 3.8) is 0 Å². The smallest absolute Gasteiger partial charge is 0.341 e. The molecule has 1 aliphatic carbocycles. The van der Waals surface area contributed by atoms with Gasteiger partial charge >= 0.3 is 5.97 Å². The first kappa shape index (κ1) is 21.3. The van der Waals surface area contributed by atoms with Crippen LogP contribution in [0.4, 0.5) is 9.39 Å². The van der Waals surface area contributed by atoms with E-state index in [4.69, 9.17) is 9.47 Å². The number of nitrogens with one attached hydrogen (secondary N) is 2. The number of thiophene rings is 1. The standard InChI is InChI=1S/C21H25FN2O4S/c1-24(11-13-8-9-16(27-2)15(22)10-13)12-18(25)23-20-19(21(26)28-3)14-6-4-5-7-17(14)29-20/h8-10H,4-7,11-12H2,1-3H3,(H,23,25)/p+1. The number of halogens is 1. The highest BCUT2D eigenvalue weighted by molar-refractivity contribution is 7.17. The third kappa shape index (κ3) is 4.94. The van der Waals surface area contributed by atoms with Crippen molar-refractivity contribution in [2.75, 3.05) is 33.1 Å². The van der Waals surface area contributed by atoms with Crippen LogP contribution in [0.2, 0.25) is 0 Å². The Bertz CT molecular complexity index is 912. The number of methoxy groups -OCH3 is 2. The molecule has 1 unspecified atom stereocenters. The Morgan fingerprint density at radius 3 is 2.69 bits per heavy atom. The summed E-state index contributed by atoms with van der Waals surface area (Å²) in [5.41, 5.74) is 2.28. The molecule has 3 rings (SSSR count). The van der Waals surface area contributed by atoms with Crippen molar-refractivity contribution in [3.8, 4) is 5.75 Å². The Kier molecular flexibility index (Phi) is 6.87. The largest absolute Gasteiger partial charge is 0.494 e. The second-order valence-electron chi connectivity index (χ2n) is 7.23. The maximum absolute atomic E-state index is 13.9. The third-order valence-electron chi connectivity index (χ3n) is 5.00. The minimum absolute atomic E-state index is 0.191. The molecule has 0 fully saturated rings. The second-order valence-corrected chi connectivity index (χ2v) is 8.34. The lowest BCUT2D eigenvalue weighted by atomic mass is 9.95. The zero-order chi connectivity index (χ0) is 21.0. The molecule has 0 aliphatic heterocycles. The minimum atomic E-state index is -0.422. The Balaban J connectivity index is 1.67. The number of esters is 1. The molecule has 0 radical (unpaired) electrons. The van der Waals surface area contributed by atoms with Gasteiger partial charge in [0.15, 0.2) is 18.1 Å². The number of quaternary nitrogens is 1. The third-order valence-corrected chi connectivity index (χ3v) is 6.21. The molecule has 1 heterocycles. The van der Waals surface area contributed by atoms with Gasteiger partial charge in [0.2, 0.25) is 0 Å². The molecule has 156 valence electrons. The highest BCUT2D eigenvalue weighted by atomic mass is 32.1. The number of likely N-dealkylation sites (N-methyl/N-ethyl adjacent to an activating group) is 1. The van der Waals surface area contributed by atoms with Crippen LogP contribution >= 0.6 is 11.3 Å². The zero-order valence-electron chi connectivity index (χ0n) is 16.9. The summed E-state index contributed by atoms with van der Waals surface area (Å²) in [6, 6.07) is 4.78. The molecular weight excluding hydrogens is 395 g/mol. The average molecular weight is 422 g/mol. The summed E-state index contributed by atoms with van der Waals surface area (Å²) in [6.45, 7) is 0.677. The number of anilines is 1. The summed E-state index contributed by atoms with van der Waals surface area (Å²) < 4.78 is 23.7. The molecule has 1 aliphatic rings. The van der Waals surface area contributed by atoms with Crippen LogP contribution in [0.5, 0.6) is 5.75 Å². The van der Waals surface area contributed by atoms with Crippen molar-refractivity contribution in [2.45, 2.75) is 32.2 Å². The maximum Gasteiger partial charge on any atom is 0.341 e. The van der Waals surface area contributed by atoms with Crippen molar-refractivity contribution < 1.29 is 28.4 Å². The lowest BCUT2D eigenvalue weighted by Gasteiger charge is -2.14. The van der Waals surface area contributed by atoms with Gasteiger partial charge in [-0.15, -0.1) is 11.3 Å². The lowest BCUT2D eigenvalue weighted by molar-refractivity contribution is -0.885. The van der Waals surface area contributed by atoms with Crippen molar-refractivity contribution in [2.24, 2.45) is 0 Å². The fourth-order valence-electron chi connectivity index (χ4n) is 3.65. The molecule has 1 aromatic carbocycles. The molecule has 6 nitrogen and oxygen atoms in total. The quantitative estimate of drug-likeness (QED) is 0.673. The lowest BCUT2D eigenvalue weighted by Crippen LogP contribution is -3.08. The first-order valence-corrected chi connectivity index (χ1v) is 10.4. The van der Waals surface area contributed by atoms with E-state index in [1.165, 1.54) is 31.6 Å². The number of fused-ring (bicyclic) bond motifs is 1. The van der Waals surface area contributed by atoms with Crippen molar-refractivity contribution in [1.29, 1.82) is 0 Å². The maximum atomic E-state index is 13.9. The molecular formula is C21H26FN2O4S+. The van der Waals surface area contributed by atoms with Crippen LogP contribution in [0.1, 0.15) is 39.2 Å². The molecule has 1 aromatic heterocycles. The number of hydrogen-bond donors (Lipinski definition) is 2. The number of benzene rings is 1. The normalized spacial score (nSPS) is 14.1. The second kappa shape index (κ2) is 9.37. The molecule has 0 bridgehead atoms. The van der Waals surface area contributed by atoms with E-state index in [2.05, 4.69) is 5.32 Å². The SMILES string of the molecule is COC(=O)c1c(NC(=O)C[NH+](C)Cc2ccc(OC)c(F)c2)sc2c1CCCC2. The van der Waals surface area contributed by atoms with E-state index in [1.54, 1.807) is 12.1 Å². The van der Waals surface area contributed by atoms with Crippen LogP contribution in [0.25, 0.3) is 0 Å². The number of rotatable bonds is 7. The number of ether oxygens (including phenoxy) is 2. The average Bonchev–Trinajstić information content (AvgIpc) is 3.04. The summed E-state index contributed by atoms with van der Waals surface area (Å²) >= 11 is 1.47. The summed E-state index contributed by atoms with van der Waals surface area (Å²) in [7, 11) is 4.64. The fourth-order valence-corrected chi connectivity index (χ4v) is 4.94. The predicted octanol–water partition coefficient (Wildman–Crippen LogP) is 2.21. The highest BCUT2D eigenvalue weighted by Crippen LogP contribution is 2.38. The van der Waals surface area contributed by atoms with E-state index in [-0.39, 0.29) is 18.2 Å². The van der Waals surface area contributed by atoms with Crippen molar-refractivity contribution in [3.05, 3.63) is 45.6 Å². The van der Waals surface area contributed by atoms with E-state index < -0.39 is 11.8 Å². The van der Waals surface area contributed by atoms with Crippen molar-refractivity contribution in [1.82, 2.24) is 0 Å². The topological polar surface area (TPSA) is 69.1 Å². The molecule has 0 saturated carbocycles. The zero-order valence-corrected chi connectivity index (χ0v) is 17.7. The predicted molar refractivity (Wildman–Crippen MR) is 109 cm³/mol. The summed E-state index contributed by atoms with van der Waals surface area (Å²) in [6.07, 6.45) is 3.88. The van der Waals surface area contributed by atoms with E-state index >= 15 is 0 Å². The van der Waals surface area contributed by atoms with Gasteiger partial charge in [-0.05, 0) is 49.4 Å². The Labute approximate surface area is 173 Å². The van der Waals surface area contributed by atoms with Gasteiger partial charge in [-0.1, -0.05) is 0 Å². The molecule has 2 aromatic rings. The van der Waals surface area contributed by atoms with E-state index in [9.17, 15) is 14.0 Å². The van der Waals surface area contributed by atoms with Gasteiger partial charge in [0.25, 0.3) is 5.91 Å². The van der Waals surface area contributed by atoms with Crippen LogP contribution in [0.3, 0.4) is 0 Å². The fraction of sp³-hybridized carbons (Fsp3) is 0.429. The van der Waals surface area contributed by atoms with Gasteiger partial charge in [-0.2, -0.15) is 0 Å². The molecule has 2 N–H and O–H groups in total. The summed E-state index contributed by atoms with van der Waals surface area (Å²) in [4.78, 5) is 26.9. The van der Waals surface area contributed by atoms with Crippen LogP contribution in [-0.4, -0.2) is 39.7 Å². The molecule has 0 saturated heterocycles. The minimum Gasteiger partial charge on any atom is -0.494 e. The number of hydrogen-bond acceptors (Lipinski definition) is 5. The number of aryl methyl sites for hydroxylation is 1. The highest BCUT2D eigenvalue weighted by Gasteiger charge is 2.27. The Hall–Kier alpha value is -2.45. The molecule has 8 heteroatoms. The Morgan fingerprint density at radius 1 is 1.24 bits per heavy atom. The number of amides is 1. The van der Waals surface area contributed by atoms with Gasteiger partial charge in [0, 0.05) is 10.4 Å².